The molecule has 2 amide bonds. The molecule has 1 saturated heterocycles. The van der Waals surface area contributed by atoms with E-state index >= 15 is 0 Å². The molecule has 1 spiro atoms. The van der Waals surface area contributed by atoms with Gasteiger partial charge in [0, 0.05) is 6.04 Å². The monoisotopic (exact) mass is 327 g/mol. The molecule has 5 nitrogen and oxygen atoms in total. The highest BCUT2D eigenvalue weighted by molar-refractivity contribution is 5.89. The molecule has 4 atom stereocenters. The molecule has 4 rings (SSSR count). The predicted octanol–water partition coefficient (Wildman–Crippen LogP) is 0.814. The normalized spacial score (nSPS) is 38.5. The van der Waals surface area contributed by atoms with E-state index in [1.807, 2.05) is 0 Å². The first-order chi connectivity index (χ1) is 10.1. The number of primary amides is 1. The van der Waals surface area contributed by atoms with Crippen LogP contribution < -0.4 is 16.4 Å². The van der Waals surface area contributed by atoms with E-state index in [1.54, 1.807) is 0 Å². The Kier molecular flexibility index (Phi) is 4.14. The first kappa shape index (κ1) is 16.1. The number of halogens is 1. The lowest BCUT2D eigenvalue weighted by atomic mass is 9.78. The van der Waals surface area contributed by atoms with Crippen LogP contribution in [0.15, 0.2) is 0 Å². The molecule has 124 valence electrons. The van der Waals surface area contributed by atoms with Crippen molar-refractivity contribution in [1.82, 2.24) is 10.6 Å². The smallest absolute Gasteiger partial charge is 0.224 e. The van der Waals surface area contributed by atoms with Crippen molar-refractivity contribution in [3.05, 3.63) is 0 Å². The molecule has 3 saturated carbocycles. The van der Waals surface area contributed by atoms with E-state index in [1.165, 1.54) is 12.8 Å². The van der Waals surface area contributed by atoms with E-state index in [0.29, 0.717) is 17.3 Å². The molecule has 22 heavy (non-hydrogen) atoms. The van der Waals surface area contributed by atoms with Gasteiger partial charge in [-0.05, 0) is 68.9 Å². The minimum Gasteiger partial charge on any atom is -0.369 e. The van der Waals surface area contributed by atoms with Crippen molar-refractivity contribution >= 4 is 24.2 Å². The van der Waals surface area contributed by atoms with Gasteiger partial charge >= 0.3 is 0 Å². The van der Waals surface area contributed by atoms with E-state index in [0.717, 1.165) is 38.8 Å². The van der Waals surface area contributed by atoms with Gasteiger partial charge in [-0.15, -0.1) is 12.4 Å². The van der Waals surface area contributed by atoms with Crippen molar-refractivity contribution < 1.29 is 9.59 Å². The van der Waals surface area contributed by atoms with Gasteiger partial charge in [0.15, 0.2) is 0 Å². The van der Waals surface area contributed by atoms with Crippen LogP contribution in [0, 0.1) is 29.1 Å². The molecule has 3 aliphatic carbocycles. The van der Waals surface area contributed by atoms with E-state index in [9.17, 15) is 9.59 Å². The van der Waals surface area contributed by atoms with Gasteiger partial charge in [0.05, 0.1) is 11.8 Å². The molecule has 0 aromatic carbocycles. The van der Waals surface area contributed by atoms with E-state index in [4.69, 9.17) is 5.73 Å². The molecule has 0 aromatic rings. The van der Waals surface area contributed by atoms with Crippen LogP contribution in [-0.2, 0) is 9.59 Å². The van der Waals surface area contributed by atoms with Gasteiger partial charge in [-0.1, -0.05) is 0 Å². The van der Waals surface area contributed by atoms with Gasteiger partial charge in [0.1, 0.15) is 0 Å². The lowest BCUT2D eigenvalue weighted by Gasteiger charge is -2.31. The van der Waals surface area contributed by atoms with E-state index in [2.05, 4.69) is 10.6 Å². The zero-order chi connectivity index (χ0) is 14.6. The third-order valence-electron chi connectivity index (χ3n) is 6.66. The second-order valence-electron chi connectivity index (χ2n) is 7.51. The second kappa shape index (κ2) is 5.68. The van der Waals surface area contributed by atoms with Crippen molar-refractivity contribution in [2.24, 2.45) is 34.8 Å². The van der Waals surface area contributed by atoms with E-state index in [-0.39, 0.29) is 42.1 Å². The van der Waals surface area contributed by atoms with Crippen LogP contribution in [0.3, 0.4) is 0 Å². The fraction of sp³-hybridized carbons (Fsp3) is 0.875. The summed E-state index contributed by atoms with van der Waals surface area (Å²) in [5.41, 5.74) is 5.97. The van der Waals surface area contributed by atoms with Gasteiger partial charge in [0.2, 0.25) is 11.8 Å². The maximum Gasteiger partial charge on any atom is 0.224 e. The molecule has 0 radical (unpaired) electrons. The topological polar surface area (TPSA) is 84.2 Å². The second-order valence-corrected chi connectivity index (χ2v) is 7.51. The number of rotatable bonds is 3. The Bertz CT molecular complexity index is 474. The Labute approximate surface area is 137 Å². The van der Waals surface area contributed by atoms with Crippen LogP contribution in [0.1, 0.15) is 38.5 Å². The van der Waals surface area contributed by atoms with Gasteiger partial charge in [-0.2, -0.15) is 0 Å². The van der Waals surface area contributed by atoms with Gasteiger partial charge < -0.3 is 16.4 Å². The summed E-state index contributed by atoms with van der Waals surface area (Å²) >= 11 is 0. The zero-order valence-corrected chi connectivity index (χ0v) is 13.7. The third kappa shape index (κ3) is 2.24. The van der Waals surface area contributed by atoms with Crippen LogP contribution in [0.4, 0.5) is 0 Å². The molecule has 0 aromatic heterocycles. The Morgan fingerprint density at radius 3 is 2.14 bits per heavy atom. The molecule has 1 heterocycles. The summed E-state index contributed by atoms with van der Waals surface area (Å²) in [5, 5.41) is 6.52. The minimum absolute atomic E-state index is 0. The minimum atomic E-state index is -0.251. The largest absolute Gasteiger partial charge is 0.369 e. The Morgan fingerprint density at radius 2 is 1.59 bits per heavy atom. The zero-order valence-electron chi connectivity index (χ0n) is 12.8. The predicted molar refractivity (Wildman–Crippen MR) is 85.3 cm³/mol. The molecule has 4 unspecified atom stereocenters. The van der Waals surface area contributed by atoms with Crippen molar-refractivity contribution in [1.29, 1.82) is 0 Å². The standard InChI is InChI=1S/C16H25N3O2.ClH/c17-14(20)12-10-1-2-11(16(10)5-6-16)13(12)15(21)19-9-3-7-18-8-4-9;/h9-13,18H,1-8H2,(H2,17,20)(H,19,21);1H. The number of hydrogen-bond donors (Lipinski definition) is 3. The molecule has 6 heteroatoms. The van der Waals surface area contributed by atoms with E-state index < -0.39 is 0 Å². The van der Waals surface area contributed by atoms with Crippen LogP contribution in [0.5, 0.6) is 0 Å². The van der Waals surface area contributed by atoms with Gasteiger partial charge in [0.25, 0.3) is 0 Å². The number of nitrogens with two attached hydrogens (primary N) is 1. The van der Waals surface area contributed by atoms with Crippen molar-refractivity contribution in [3.63, 3.8) is 0 Å². The summed E-state index contributed by atoms with van der Waals surface area (Å²) in [4.78, 5) is 24.7. The fourth-order valence-electron chi connectivity index (χ4n) is 5.65. The third-order valence-corrected chi connectivity index (χ3v) is 6.66. The Balaban J connectivity index is 0.00000144. The number of hydrogen-bond acceptors (Lipinski definition) is 3. The maximum absolute atomic E-state index is 12.8. The van der Waals surface area contributed by atoms with Crippen LogP contribution in [0.2, 0.25) is 0 Å². The summed E-state index contributed by atoms with van der Waals surface area (Å²) in [6.07, 6.45) is 6.57. The summed E-state index contributed by atoms with van der Waals surface area (Å²) in [6.45, 7) is 1.93. The Morgan fingerprint density at radius 1 is 1.00 bits per heavy atom. The molecule has 4 fully saturated rings. The summed E-state index contributed by atoms with van der Waals surface area (Å²) in [5.74, 6) is 0.264. The lowest BCUT2D eigenvalue weighted by molar-refractivity contribution is -0.136. The van der Waals surface area contributed by atoms with Crippen LogP contribution >= 0.6 is 12.4 Å². The number of carbonyl (C=O) groups is 2. The van der Waals surface area contributed by atoms with Crippen LogP contribution in [-0.4, -0.2) is 30.9 Å². The highest BCUT2D eigenvalue weighted by Gasteiger charge is 2.71. The van der Waals surface area contributed by atoms with Crippen molar-refractivity contribution in [3.8, 4) is 0 Å². The number of amides is 2. The molecule has 4 aliphatic rings. The Hall–Kier alpha value is -0.810. The fourth-order valence-corrected chi connectivity index (χ4v) is 5.65. The maximum atomic E-state index is 12.8. The van der Waals surface area contributed by atoms with Crippen LogP contribution in [0.25, 0.3) is 0 Å². The quantitative estimate of drug-likeness (QED) is 0.717. The number of nitrogens with one attached hydrogen (secondary N) is 2. The number of piperidine rings is 1. The number of carbonyl (C=O) groups excluding carboxylic acids is 2. The van der Waals surface area contributed by atoms with Crippen molar-refractivity contribution in [2.75, 3.05) is 13.1 Å². The SMILES string of the molecule is Cl.NC(=O)C1C(C(=O)NC2CCNCC2)C2CCC1C21CC1. The molecular weight excluding hydrogens is 302 g/mol. The summed E-state index contributed by atoms with van der Waals surface area (Å²) < 4.78 is 0. The highest BCUT2D eigenvalue weighted by Crippen LogP contribution is 2.74. The molecular formula is C16H26ClN3O2. The summed E-state index contributed by atoms with van der Waals surface area (Å²) in [7, 11) is 0. The van der Waals surface area contributed by atoms with Crippen molar-refractivity contribution in [2.45, 2.75) is 44.6 Å². The molecule has 4 N–H and O–H groups in total. The first-order valence-electron chi connectivity index (χ1n) is 8.44. The average molecular weight is 328 g/mol. The summed E-state index contributed by atoms with van der Waals surface area (Å²) in [6, 6.07) is 0.265. The first-order valence-corrected chi connectivity index (χ1v) is 8.44. The lowest BCUT2D eigenvalue weighted by Crippen LogP contribution is -2.49. The average Bonchev–Trinajstić information content (AvgIpc) is 3.13. The molecule has 2 bridgehead atoms. The molecule has 1 aliphatic heterocycles. The van der Waals surface area contributed by atoms with Gasteiger partial charge in [-0.3, -0.25) is 9.59 Å². The highest BCUT2D eigenvalue weighted by atomic mass is 35.5. The van der Waals surface area contributed by atoms with Gasteiger partial charge in [-0.25, -0.2) is 0 Å².